The van der Waals surface area contributed by atoms with Crippen LogP contribution in [0.25, 0.3) is 0 Å². The normalized spacial score (nSPS) is 35.9. The Hall–Kier alpha value is -0.0900. The molecule has 0 spiro atoms. The zero-order valence-electron chi connectivity index (χ0n) is 11.0. The maximum atomic E-state index is 11.7. The van der Waals surface area contributed by atoms with Crippen LogP contribution in [0.4, 0.5) is 0 Å². The van der Waals surface area contributed by atoms with Gasteiger partial charge in [0.05, 0.1) is 11.0 Å². The monoisotopic (exact) mass is 259 g/mol. The smallest absolute Gasteiger partial charge is 0.154 e. The average Bonchev–Trinajstić information content (AvgIpc) is 2.53. The van der Waals surface area contributed by atoms with Gasteiger partial charge in [0.25, 0.3) is 0 Å². The second kappa shape index (κ2) is 4.88. The molecule has 1 N–H and O–H groups in total. The molecule has 0 aromatic rings. The van der Waals surface area contributed by atoms with E-state index in [1.807, 2.05) is 0 Å². The molecule has 1 saturated carbocycles. The molecule has 100 valence electrons. The standard InChI is InChI=1S/C13H25NO2S/c1-13(2)7-3-5-11(9-13)14-10-12-6-4-8-17(12,15)16/h11-12,14H,3-10H2,1-2H3. The Kier molecular flexibility index (Phi) is 3.83. The Morgan fingerprint density at radius 3 is 2.59 bits per heavy atom. The summed E-state index contributed by atoms with van der Waals surface area (Å²) in [5, 5.41) is 3.38. The molecular weight excluding hydrogens is 234 g/mol. The van der Waals surface area contributed by atoms with Gasteiger partial charge in [0.2, 0.25) is 0 Å². The minimum Gasteiger partial charge on any atom is -0.313 e. The fourth-order valence-corrected chi connectivity index (χ4v) is 5.04. The summed E-state index contributed by atoms with van der Waals surface area (Å²) in [6.07, 6.45) is 6.65. The molecule has 0 bridgehead atoms. The Morgan fingerprint density at radius 1 is 1.24 bits per heavy atom. The third-order valence-electron chi connectivity index (χ3n) is 4.30. The number of sulfone groups is 1. The molecule has 4 heteroatoms. The van der Waals surface area contributed by atoms with E-state index in [2.05, 4.69) is 19.2 Å². The number of hydrogen-bond acceptors (Lipinski definition) is 3. The first-order chi connectivity index (χ1) is 7.89. The van der Waals surface area contributed by atoms with Gasteiger partial charge in [-0.2, -0.15) is 0 Å². The van der Waals surface area contributed by atoms with Crippen molar-refractivity contribution in [1.82, 2.24) is 5.32 Å². The molecule has 1 aliphatic heterocycles. The van der Waals surface area contributed by atoms with Crippen LogP contribution in [0.5, 0.6) is 0 Å². The molecule has 2 unspecified atom stereocenters. The second-order valence-corrected chi connectivity index (χ2v) is 8.90. The van der Waals surface area contributed by atoms with E-state index in [9.17, 15) is 8.42 Å². The van der Waals surface area contributed by atoms with Gasteiger partial charge >= 0.3 is 0 Å². The Labute approximate surface area is 105 Å². The number of nitrogens with one attached hydrogen (secondary N) is 1. The largest absolute Gasteiger partial charge is 0.313 e. The summed E-state index contributed by atoms with van der Waals surface area (Å²) in [4.78, 5) is 0. The summed E-state index contributed by atoms with van der Waals surface area (Å²) < 4.78 is 23.4. The lowest BCUT2D eigenvalue weighted by Crippen LogP contribution is -2.41. The third-order valence-corrected chi connectivity index (χ3v) is 6.58. The highest BCUT2D eigenvalue weighted by molar-refractivity contribution is 7.92. The van der Waals surface area contributed by atoms with Gasteiger partial charge in [-0.05, 0) is 37.5 Å². The van der Waals surface area contributed by atoms with Gasteiger partial charge in [-0.25, -0.2) is 8.42 Å². The predicted molar refractivity (Wildman–Crippen MR) is 70.8 cm³/mol. The van der Waals surface area contributed by atoms with E-state index in [0.717, 1.165) is 12.8 Å². The summed E-state index contributed by atoms with van der Waals surface area (Å²) in [6, 6.07) is 0.523. The van der Waals surface area contributed by atoms with Gasteiger partial charge in [-0.15, -0.1) is 0 Å². The van der Waals surface area contributed by atoms with Gasteiger partial charge in [0.1, 0.15) is 0 Å². The highest BCUT2D eigenvalue weighted by Gasteiger charge is 2.33. The molecule has 2 rings (SSSR count). The van der Waals surface area contributed by atoms with E-state index in [0.29, 0.717) is 23.8 Å². The lowest BCUT2D eigenvalue weighted by atomic mass is 9.75. The van der Waals surface area contributed by atoms with Crippen molar-refractivity contribution in [2.75, 3.05) is 12.3 Å². The fraction of sp³-hybridized carbons (Fsp3) is 1.00. The maximum Gasteiger partial charge on any atom is 0.154 e. The summed E-state index contributed by atoms with van der Waals surface area (Å²) in [7, 11) is -2.78. The van der Waals surface area contributed by atoms with Crippen molar-refractivity contribution in [3.8, 4) is 0 Å². The quantitative estimate of drug-likeness (QED) is 0.844. The van der Waals surface area contributed by atoms with Crippen molar-refractivity contribution in [2.24, 2.45) is 5.41 Å². The lowest BCUT2D eigenvalue weighted by Gasteiger charge is -2.36. The summed E-state index contributed by atoms with van der Waals surface area (Å²) in [6.45, 7) is 5.30. The van der Waals surface area contributed by atoms with Gasteiger partial charge in [0.15, 0.2) is 9.84 Å². The van der Waals surface area contributed by atoms with Crippen LogP contribution in [0.2, 0.25) is 0 Å². The van der Waals surface area contributed by atoms with Crippen LogP contribution in [-0.4, -0.2) is 32.0 Å². The highest BCUT2D eigenvalue weighted by atomic mass is 32.2. The van der Waals surface area contributed by atoms with Crippen molar-refractivity contribution >= 4 is 9.84 Å². The Bertz CT molecular complexity index is 362. The molecule has 0 aromatic carbocycles. The number of hydrogen-bond donors (Lipinski definition) is 1. The minimum absolute atomic E-state index is 0.118. The first kappa shape index (κ1) is 13.3. The van der Waals surface area contributed by atoms with Gasteiger partial charge in [-0.3, -0.25) is 0 Å². The van der Waals surface area contributed by atoms with Crippen LogP contribution >= 0.6 is 0 Å². The molecule has 17 heavy (non-hydrogen) atoms. The predicted octanol–water partition coefficient (Wildman–Crippen LogP) is 2.12. The Morgan fingerprint density at radius 2 is 2.00 bits per heavy atom. The molecule has 0 radical (unpaired) electrons. The van der Waals surface area contributed by atoms with E-state index >= 15 is 0 Å². The van der Waals surface area contributed by atoms with E-state index in [4.69, 9.17) is 0 Å². The molecule has 2 fully saturated rings. The van der Waals surface area contributed by atoms with Crippen molar-refractivity contribution in [3.63, 3.8) is 0 Å². The third kappa shape index (κ3) is 3.44. The molecule has 0 amide bonds. The molecular formula is C13H25NO2S. The van der Waals surface area contributed by atoms with Crippen LogP contribution in [0.3, 0.4) is 0 Å². The number of rotatable bonds is 3. The van der Waals surface area contributed by atoms with Crippen LogP contribution in [0.1, 0.15) is 52.4 Å². The zero-order valence-corrected chi connectivity index (χ0v) is 11.9. The fourth-order valence-electron chi connectivity index (χ4n) is 3.26. The van der Waals surface area contributed by atoms with Gasteiger partial charge in [0, 0.05) is 12.6 Å². The average molecular weight is 259 g/mol. The topological polar surface area (TPSA) is 46.2 Å². The van der Waals surface area contributed by atoms with Crippen LogP contribution in [0, 0.1) is 5.41 Å². The summed E-state index contributed by atoms with van der Waals surface area (Å²) in [5.74, 6) is 0.398. The van der Waals surface area contributed by atoms with Crippen molar-refractivity contribution in [2.45, 2.75) is 63.7 Å². The van der Waals surface area contributed by atoms with Crippen molar-refractivity contribution in [3.05, 3.63) is 0 Å². The SMILES string of the molecule is CC1(C)CCCC(NCC2CCCS2(=O)=O)C1. The van der Waals surface area contributed by atoms with E-state index < -0.39 is 9.84 Å². The Balaban J connectivity index is 1.82. The molecule has 3 nitrogen and oxygen atoms in total. The molecule has 1 saturated heterocycles. The van der Waals surface area contributed by atoms with Crippen LogP contribution < -0.4 is 5.32 Å². The maximum absolute atomic E-state index is 11.7. The lowest BCUT2D eigenvalue weighted by molar-refractivity contribution is 0.199. The van der Waals surface area contributed by atoms with E-state index in [1.165, 1.54) is 25.7 Å². The van der Waals surface area contributed by atoms with Gasteiger partial charge < -0.3 is 5.32 Å². The van der Waals surface area contributed by atoms with Crippen LogP contribution in [-0.2, 0) is 9.84 Å². The minimum atomic E-state index is -2.78. The molecule has 1 heterocycles. The first-order valence-electron chi connectivity index (χ1n) is 6.84. The molecule has 2 aliphatic rings. The second-order valence-electron chi connectivity index (χ2n) is 6.50. The molecule has 2 atom stereocenters. The molecule has 0 aromatic heterocycles. The first-order valence-corrected chi connectivity index (χ1v) is 8.56. The highest BCUT2D eigenvalue weighted by Crippen LogP contribution is 2.35. The van der Waals surface area contributed by atoms with Crippen molar-refractivity contribution < 1.29 is 8.42 Å². The van der Waals surface area contributed by atoms with Crippen LogP contribution in [0.15, 0.2) is 0 Å². The van der Waals surface area contributed by atoms with E-state index in [1.54, 1.807) is 0 Å². The van der Waals surface area contributed by atoms with Crippen molar-refractivity contribution in [1.29, 1.82) is 0 Å². The summed E-state index contributed by atoms with van der Waals surface area (Å²) >= 11 is 0. The van der Waals surface area contributed by atoms with Gasteiger partial charge in [-0.1, -0.05) is 20.3 Å². The molecule has 1 aliphatic carbocycles. The summed E-state index contributed by atoms with van der Waals surface area (Å²) in [5.41, 5.74) is 0.421. The van der Waals surface area contributed by atoms with E-state index in [-0.39, 0.29) is 5.25 Å². The zero-order chi connectivity index (χ0) is 12.5.